The van der Waals surface area contributed by atoms with Crippen LogP contribution in [0.1, 0.15) is 33.6 Å². The molecule has 3 aliphatic carbocycles. The summed E-state index contributed by atoms with van der Waals surface area (Å²) >= 11 is 0. The molecule has 1 saturated heterocycles. The van der Waals surface area contributed by atoms with Crippen LogP contribution in [-0.4, -0.2) is 11.6 Å². The van der Waals surface area contributed by atoms with Crippen molar-refractivity contribution in [1.29, 1.82) is 0 Å². The van der Waals surface area contributed by atoms with Gasteiger partial charge in [-0.15, -0.1) is 0 Å². The summed E-state index contributed by atoms with van der Waals surface area (Å²) in [5, 5.41) is 3.65. The summed E-state index contributed by atoms with van der Waals surface area (Å²) in [6, 6.07) is 0.888. The minimum atomic E-state index is 0.554. The quantitative estimate of drug-likeness (QED) is 0.524. The van der Waals surface area contributed by atoms with Crippen molar-refractivity contribution in [2.75, 3.05) is 0 Å². The van der Waals surface area contributed by atoms with E-state index in [1.807, 2.05) is 0 Å². The molecule has 0 radical (unpaired) electrons. The Morgan fingerprint density at radius 2 is 1.91 bits per heavy atom. The summed E-state index contributed by atoms with van der Waals surface area (Å²) < 4.78 is 0. The summed E-state index contributed by atoms with van der Waals surface area (Å²) in [6.07, 6.45) is 2.94. The summed E-state index contributed by atoms with van der Waals surface area (Å²) in [4.78, 5) is 0. The molecule has 0 spiro atoms. The Morgan fingerprint density at radius 3 is 2.36 bits per heavy atom. The highest BCUT2D eigenvalue weighted by Crippen LogP contribution is 2.66. The number of rotatable bonds is 0. The van der Waals surface area contributed by atoms with Crippen molar-refractivity contribution < 1.29 is 0 Å². The molecule has 0 amide bonds. The van der Waals surface area contributed by atoms with Crippen molar-refractivity contribution in [3.05, 3.63) is 0 Å². The minimum Gasteiger partial charge on any atom is -0.305 e. The third kappa shape index (κ3) is 0.516. The Bertz CT molecular complexity index is 216. The number of hydrogen-bond donors (Lipinski definition) is 1. The van der Waals surface area contributed by atoms with Crippen LogP contribution in [0, 0.1) is 17.3 Å². The predicted octanol–water partition coefficient (Wildman–Crippen LogP) is 1.78. The van der Waals surface area contributed by atoms with Gasteiger partial charge in [-0.2, -0.15) is 0 Å². The van der Waals surface area contributed by atoms with Crippen LogP contribution in [0.3, 0.4) is 0 Å². The fourth-order valence-electron chi connectivity index (χ4n) is 3.70. The lowest BCUT2D eigenvalue weighted by atomic mass is 9.46. The van der Waals surface area contributed by atoms with E-state index in [0.717, 1.165) is 17.9 Å². The van der Waals surface area contributed by atoms with Crippen molar-refractivity contribution in [3.63, 3.8) is 0 Å². The molecule has 4 atom stereocenters. The molecule has 1 heterocycles. The molecule has 11 heavy (non-hydrogen) atoms. The van der Waals surface area contributed by atoms with Gasteiger partial charge in [-0.1, -0.05) is 13.8 Å². The molecule has 3 saturated carbocycles. The van der Waals surface area contributed by atoms with E-state index >= 15 is 0 Å². The molecule has 0 aromatic carbocycles. The smallest absolute Gasteiger partial charge is 0.0343 e. The zero-order valence-corrected chi connectivity index (χ0v) is 7.65. The second-order valence-corrected chi connectivity index (χ2v) is 5.52. The van der Waals surface area contributed by atoms with Gasteiger partial charge in [-0.05, 0) is 37.0 Å². The molecule has 1 aliphatic heterocycles. The monoisotopic (exact) mass is 151 g/mol. The fourth-order valence-corrected chi connectivity index (χ4v) is 3.70. The number of nitrogens with one attached hydrogen (secondary N) is 1. The molecule has 4 fully saturated rings. The van der Waals surface area contributed by atoms with Crippen LogP contribution >= 0.6 is 0 Å². The SMILES string of the molecule is CC1(C)[C@H]2C[C@@H]3N[C@]3(C)[C@@H]1C2. The highest BCUT2D eigenvalue weighted by atomic mass is 15.2. The summed E-state index contributed by atoms with van der Waals surface area (Å²) in [5.41, 5.74) is 1.20. The van der Waals surface area contributed by atoms with Gasteiger partial charge < -0.3 is 5.32 Å². The van der Waals surface area contributed by atoms with Gasteiger partial charge >= 0.3 is 0 Å². The summed E-state index contributed by atoms with van der Waals surface area (Å²) in [5.74, 6) is 2.00. The van der Waals surface area contributed by atoms with Crippen LogP contribution in [0.25, 0.3) is 0 Å². The van der Waals surface area contributed by atoms with E-state index in [2.05, 4.69) is 26.1 Å². The molecular weight excluding hydrogens is 134 g/mol. The van der Waals surface area contributed by atoms with Crippen LogP contribution in [0.15, 0.2) is 0 Å². The van der Waals surface area contributed by atoms with Crippen LogP contribution in [0.2, 0.25) is 0 Å². The summed E-state index contributed by atoms with van der Waals surface area (Å²) in [6.45, 7) is 7.32. The first-order valence-corrected chi connectivity index (χ1v) is 4.83. The van der Waals surface area contributed by atoms with Gasteiger partial charge in [0.2, 0.25) is 0 Å². The second-order valence-electron chi connectivity index (χ2n) is 5.52. The zero-order valence-electron chi connectivity index (χ0n) is 7.65. The first-order valence-electron chi connectivity index (χ1n) is 4.83. The van der Waals surface area contributed by atoms with E-state index in [4.69, 9.17) is 0 Å². The first kappa shape index (κ1) is 6.47. The largest absolute Gasteiger partial charge is 0.305 e. The molecule has 62 valence electrons. The molecule has 0 unspecified atom stereocenters. The molecule has 1 N–H and O–H groups in total. The average Bonchev–Trinajstić information content (AvgIpc) is 2.58. The molecule has 4 aliphatic rings. The van der Waals surface area contributed by atoms with Gasteiger partial charge in [-0.25, -0.2) is 0 Å². The lowest BCUT2D eigenvalue weighted by Crippen LogP contribution is -2.56. The van der Waals surface area contributed by atoms with Crippen molar-refractivity contribution in [1.82, 2.24) is 5.32 Å². The Labute approximate surface area is 68.6 Å². The van der Waals surface area contributed by atoms with Crippen molar-refractivity contribution in [2.24, 2.45) is 17.3 Å². The normalized spacial score (nSPS) is 63.0. The second kappa shape index (κ2) is 1.39. The van der Waals surface area contributed by atoms with E-state index in [9.17, 15) is 0 Å². The lowest BCUT2D eigenvalue weighted by molar-refractivity contribution is -0.0710. The predicted molar refractivity (Wildman–Crippen MR) is 45.3 cm³/mol. The van der Waals surface area contributed by atoms with Gasteiger partial charge in [0.05, 0.1) is 0 Å². The molecule has 1 heteroatoms. The van der Waals surface area contributed by atoms with E-state index < -0.39 is 0 Å². The topological polar surface area (TPSA) is 21.9 Å². The molecule has 0 aromatic heterocycles. The Balaban J connectivity index is 1.98. The van der Waals surface area contributed by atoms with E-state index in [1.165, 1.54) is 12.8 Å². The molecule has 1 nitrogen and oxygen atoms in total. The summed E-state index contributed by atoms with van der Waals surface area (Å²) in [7, 11) is 0. The maximum atomic E-state index is 3.65. The third-order valence-corrected chi connectivity index (χ3v) is 4.84. The third-order valence-electron chi connectivity index (χ3n) is 4.84. The molecule has 4 rings (SSSR count). The van der Waals surface area contributed by atoms with Crippen LogP contribution < -0.4 is 5.32 Å². The van der Waals surface area contributed by atoms with Crippen molar-refractivity contribution >= 4 is 0 Å². The minimum absolute atomic E-state index is 0.554. The van der Waals surface area contributed by atoms with Gasteiger partial charge in [0, 0.05) is 11.6 Å². The maximum absolute atomic E-state index is 3.65. The Kier molecular flexibility index (Phi) is 0.820. The van der Waals surface area contributed by atoms with Crippen LogP contribution in [-0.2, 0) is 0 Å². The van der Waals surface area contributed by atoms with Gasteiger partial charge in [-0.3, -0.25) is 0 Å². The zero-order chi connectivity index (χ0) is 7.85. The fraction of sp³-hybridized carbons (Fsp3) is 1.00. The van der Waals surface area contributed by atoms with E-state index in [-0.39, 0.29) is 0 Å². The molecule has 2 bridgehead atoms. The number of hydrogen-bond acceptors (Lipinski definition) is 1. The first-order chi connectivity index (χ1) is 5.05. The van der Waals surface area contributed by atoms with E-state index in [1.54, 1.807) is 0 Å². The average molecular weight is 151 g/mol. The van der Waals surface area contributed by atoms with E-state index in [0.29, 0.717) is 11.0 Å². The Morgan fingerprint density at radius 1 is 1.18 bits per heavy atom. The van der Waals surface area contributed by atoms with Gasteiger partial charge in [0.25, 0.3) is 0 Å². The highest BCUT2D eigenvalue weighted by molar-refractivity contribution is 5.27. The lowest BCUT2D eigenvalue weighted by Gasteiger charge is -2.58. The van der Waals surface area contributed by atoms with Crippen molar-refractivity contribution in [2.45, 2.75) is 45.2 Å². The van der Waals surface area contributed by atoms with Crippen molar-refractivity contribution in [3.8, 4) is 0 Å². The van der Waals surface area contributed by atoms with Crippen LogP contribution in [0.4, 0.5) is 0 Å². The van der Waals surface area contributed by atoms with Gasteiger partial charge in [0.15, 0.2) is 0 Å². The highest BCUT2D eigenvalue weighted by Gasteiger charge is 2.70. The maximum Gasteiger partial charge on any atom is 0.0343 e. The van der Waals surface area contributed by atoms with Gasteiger partial charge in [0.1, 0.15) is 0 Å². The molecule has 0 aromatic rings. The standard InChI is InChI=1S/C10H17N/c1-9(2)6-4-7(9)10(3)8(5-6)11-10/h6-8,11H,4-5H2,1-3H3/t6-,7-,8+,10-/m1/s1. The Hall–Kier alpha value is -0.0400. The molecular formula is C10H17N. The van der Waals surface area contributed by atoms with Crippen LogP contribution in [0.5, 0.6) is 0 Å².